The van der Waals surface area contributed by atoms with E-state index in [9.17, 15) is 0 Å². The number of hydrogen-bond acceptors (Lipinski definition) is 6. The van der Waals surface area contributed by atoms with E-state index >= 15 is 0 Å². The maximum atomic E-state index is 4.41. The molecule has 28 heavy (non-hydrogen) atoms. The van der Waals surface area contributed by atoms with Crippen LogP contribution in [0.15, 0.2) is 46.6 Å². The third-order valence-electron chi connectivity index (χ3n) is 4.05. The first-order chi connectivity index (χ1) is 13.5. The number of rotatable bonds is 2. The average molecular weight is 382 g/mol. The van der Waals surface area contributed by atoms with E-state index in [1.54, 1.807) is 35.5 Å². The van der Waals surface area contributed by atoms with Gasteiger partial charge in [-0.25, -0.2) is 9.36 Å². The van der Waals surface area contributed by atoms with Crippen molar-refractivity contribution in [1.29, 1.82) is 0 Å². The summed E-state index contributed by atoms with van der Waals surface area (Å²) in [5.41, 5.74) is 3.19. The van der Waals surface area contributed by atoms with Crippen LogP contribution in [0.1, 0.15) is 39.8 Å². The third-order valence-corrected chi connectivity index (χ3v) is 4.05. The van der Waals surface area contributed by atoms with E-state index in [0.29, 0.717) is 0 Å². The van der Waals surface area contributed by atoms with Gasteiger partial charge in [-0.3, -0.25) is 9.98 Å². The van der Waals surface area contributed by atoms with Crippen molar-refractivity contribution in [3.63, 3.8) is 0 Å². The van der Waals surface area contributed by atoms with Gasteiger partial charge in [-0.05, 0) is 52.0 Å². The highest BCUT2D eigenvalue weighted by Crippen LogP contribution is 2.00. The molecule has 0 amide bonds. The fraction of sp³-hybridized carbons (Fsp3) is 0.444. The summed E-state index contributed by atoms with van der Waals surface area (Å²) in [6.45, 7) is 8.28. The SMILES string of the molecule is CN=c1n(C(C)C)nc2cccnn12.CN=c1n(C(C)C)nc2cccnn12. The highest BCUT2D eigenvalue weighted by Gasteiger charge is 2.07. The molecule has 0 N–H and O–H groups in total. The van der Waals surface area contributed by atoms with E-state index in [4.69, 9.17) is 0 Å². The minimum Gasteiger partial charge on any atom is -0.253 e. The molecule has 0 saturated heterocycles. The summed E-state index contributed by atoms with van der Waals surface area (Å²) in [4.78, 5) is 8.36. The molecule has 10 nitrogen and oxygen atoms in total. The Morgan fingerprint density at radius 2 is 1.11 bits per heavy atom. The Labute approximate surface area is 162 Å². The maximum absolute atomic E-state index is 4.41. The molecule has 4 aromatic rings. The first-order valence-corrected chi connectivity index (χ1v) is 9.18. The summed E-state index contributed by atoms with van der Waals surface area (Å²) in [5.74, 6) is 0. The molecule has 0 saturated carbocycles. The van der Waals surface area contributed by atoms with Crippen molar-refractivity contribution in [1.82, 2.24) is 38.8 Å². The van der Waals surface area contributed by atoms with Crippen LogP contribution in [0.3, 0.4) is 0 Å². The molecule has 0 aliphatic rings. The van der Waals surface area contributed by atoms with Crippen LogP contribution in [0.4, 0.5) is 0 Å². The average Bonchev–Trinajstić information content (AvgIpc) is 3.26. The van der Waals surface area contributed by atoms with Crippen LogP contribution in [0.2, 0.25) is 0 Å². The second kappa shape index (κ2) is 8.15. The predicted molar refractivity (Wildman–Crippen MR) is 106 cm³/mol. The van der Waals surface area contributed by atoms with E-state index < -0.39 is 0 Å². The lowest BCUT2D eigenvalue weighted by Crippen LogP contribution is -2.25. The van der Waals surface area contributed by atoms with Gasteiger partial charge in [-0.15, -0.1) is 10.2 Å². The van der Waals surface area contributed by atoms with Gasteiger partial charge in [0.05, 0.1) is 12.1 Å². The molecule has 0 atom stereocenters. The topological polar surface area (TPSA) is 95.0 Å². The Hall–Kier alpha value is -3.30. The molecule has 4 aromatic heterocycles. The van der Waals surface area contributed by atoms with E-state index in [1.807, 2.05) is 33.6 Å². The molecule has 0 unspecified atom stereocenters. The lowest BCUT2D eigenvalue weighted by molar-refractivity contribution is 0.501. The lowest BCUT2D eigenvalue weighted by Gasteiger charge is -2.02. The van der Waals surface area contributed by atoms with Crippen LogP contribution >= 0.6 is 0 Å². The summed E-state index contributed by atoms with van der Waals surface area (Å²) in [6.07, 6.45) is 3.46. The van der Waals surface area contributed by atoms with Gasteiger partial charge in [0.15, 0.2) is 11.3 Å². The summed E-state index contributed by atoms with van der Waals surface area (Å²) in [7, 11) is 3.49. The Morgan fingerprint density at radius 3 is 1.43 bits per heavy atom. The van der Waals surface area contributed by atoms with Crippen molar-refractivity contribution in [3.8, 4) is 0 Å². The molecule has 4 rings (SSSR count). The first kappa shape index (κ1) is 19.5. The zero-order valence-corrected chi connectivity index (χ0v) is 17.1. The van der Waals surface area contributed by atoms with Gasteiger partial charge in [0.2, 0.25) is 11.2 Å². The number of nitrogens with zero attached hydrogens (tertiary/aromatic N) is 10. The second-order valence-corrected chi connectivity index (χ2v) is 6.71. The van der Waals surface area contributed by atoms with Gasteiger partial charge in [-0.2, -0.15) is 19.2 Å². The molecule has 0 aliphatic heterocycles. The molecule has 0 aliphatic carbocycles. The summed E-state index contributed by atoms with van der Waals surface area (Å²) < 4.78 is 7.20. The lowest BCUT2D eigenvalue weighted by atomic mass is 10.4. The van der Waals surface area contributed by atoms with E-state index in [2.05, 4.69) is 58.1 Å². The summed E-state index contributed by atoms with van der Waals surface area (Å²) in [5, 5.41) is 17.2. The van der Waals surface area contributed by atoms with Gasteiger partial charge < -0.3 is 0 Å². The smallest absolute Gasteiger partial charge is 0.244 e. The molecule has 4 heterocycles. The van der Waals surface area contributed by atoms with Crippen LogP contribution in [-0.2, 0) is 0 Å². The van der Waals surface area contributed by atoms with E-state index in [-0.39, 0.29) is 12.1 Å². The van der Waals surface area contributed by atoms with E-state index in [0.717, 1.165) is 22.5 Å². The highest BCUT2D eigenvalue weighted by molar-refractivity contribution is 5.33. The van der Waals surface area contributed by atoms with Crippen molar-refractivity contribution in [2.75, 3.05) is 14.1 Å². The van der Waals surface area contributed by atoms with Crippen LogP contribution in [0.25, 0.3) is 11.3 Å². The molecule has 10 heteroatoms. The largest absolute Gasteiger partial charge is 0.253 e. The Kier molecular flexibility index (Phi) is 5.67. The first-order valence-electron chi connectivity index (χ1n) is 9.18. The van der Waals surface area contributed by atoms with Crippen molar-refractivity contribution in [2.45, 2.75) is 39.8 Å². The molecule has 0 aromatic carbocycles. The molecule has 0 fully saturated rings. The van der Waals surface area contributed by atoms with Gasteiger partial charge in [0.1, 0.15) is 0 Å². The van der Waals surface area contributed by atoms with Gasteiger partial charge in [-0.1, -0.05) is 0 Å². The molecular formula is C18H26N10. The van der Waals surface area contributed by atoms with Crippen molar-refractivity contribution < 1.29 is 0 Å². The fourth-order valence-electron chi connectivity index (χ4n) is 2.78. The molecular weight excluding hydrogens is 356 g/mol. The van der Waals surface area contributed by atoms with Crippen molar-refractivity contribution in [2.24, 2.45) is 9.98 Å². The van der Waals surface area contributed by atoms with Crippen LogP contribution in [0.5, 0.6) is 0 Å². The number of aromatic nitrogens is 8. The molecule has 0 spiro atoms. The zero-order chi connectivity index (χ0) is 20.3. The van der Waals surface area contributed by atoms with Gasteiger partial charge in [0.25, 0.3) is 0 Å². The Bertz CT molecular complexity index is 1110. The third kappa shape index (κ3) is 3.57. The summed E-state index contributed by atoms with van der Waals surface area (Å²) in [6, 6.07) is 8.14. The molecule has 148 valence electrons. The monoisotopic (exact) mass is 382 g/mol. The minimum absolute atomic E-state index is 0.287. The molecule has 0 radical (unpaired) electrons. The quantitative estimate of drug-likeness (QED) is 0.522. The minimum atomic E-state index is 0.287. The fourth-order valence-corrected chi connectivity index (χ4v) is 2.78. The van der Waals surface area contributed by atoms with E-state index in [1.165, 1.54) is 0 Å². The zero-order valence-electron chi connectivity index (χ0n) is 17.1. The molecule has 0 bridgehead atoms. The van der Waals surface area contributed by atoms with Gasteiger partial charge in [0, 0.05) is 26.5 Å². The second-order valence-electron chi connectivity index (χ2n) is 6.71. The van der Waals surface area contributed by atoms with Crippen molar-refractivity contribution in [3.05, 3.63) is 47.9 Å². The Balaban J connectivity index is 0.000000161. The summed E-state index contributed by atoms with van der Waals surface area (Å²) >= 11 is 0. The highest BCUT2D eigenvalue weighted by atomic mass is 15.5. The van der Waals surface area contributed by atoms with Gasteiger partial charge >= 0.3 is 0 Å². The Morgan fingerprint density at radius 1 is 0.714 bits per heavy atom. The van der Waals surface area contributed by atoms with Crippen LogP contribution in [-0.4, -0.2) is 52.9 Å². The predicted octanol–water partition coefficient (Wildman–Crippen LogP) is 1.28. The van der Waals surface area contributed by atoms with Crippen molar-refractivity contribution >= 4 is 11.3 Å². The van der Waals surface area contributed by atoms with Crippen LogP contribution in [0, 0.1) is 0 Å². The maximum Gasteiger partial charge on any atom is 0.244 e. The number of hydrogen-bond donors (Lipinski definition) is 0. The normalized spacial score (nSPS) is 13.0. The van der Waals surface area contributed by atoms with Crippen LogP contribution < -0.4 is 11.2 Å². The number of fused-ring (bicyclic) bond motifs is 2. The standard InChI is InChI=1S/2C9H13N5/c2*1-7(2)13-9(10-3)14-8(12-13)5-4-6-11-14/h2*4-7H,1-3H3.